The van der Waals surface area contributed by atoms with Gasteiger partial charge in [-0.3, -0.25) is 9.47 Å². The normalized spacial score (nSPS) is 23.7. The van der Waals surface area contributed by atoms with Crippen LogP contribution in [0.15, 0.2) is 33.5 Å². The zero-order valence-corrected chi connectivity index (χ0v) is 11.8. The Hall–Kier alpha value is -1.59. The molecule has 1 aliphatic rings. The van der Waals surface area contributed by atoms with Gasteiger partial charge in [-0.15, -0.1) is 0 Å². The molecule has 108 valence electrons. The van der Waals surface area contributed by atoms with Gasteiger partial charge in [-0.2, -0.15) is 0 Å². The molecule has 1 aliphatic heterocycles. The molecule has 0 bridgehead atoms. The van der Waals surface area contributed by atoms with Crippen molar-refractivity contribution in [1.82, 2.24) is 9.47 Å². The molecule has 0 aliphatic carbocycles. The van der Waals surface area contributed by atoms with Crippen molar-refractivity contribution in [2.75, 3.05) is 19.6 Å². The maximum absolute atomic E-state index is 11.9. The number of nitrogens with two attached hydrogens (primary N) is 1. The molecule has 5 nitrogen and oxygen atoms in total. The number of oxazole rings is 1. The monoisotopic (exact) mass is 275 g/mol. The van der Waals surface area contributed by atoms with Crippen LogP contribution in [0.5, 0.6) is 0 Å². The first kappa shape index (κ1) is 13.4. The maximum Gasteiger partial charge on any atom is 0.419 e. The number of fused-ring (bicyclic) bond motifs is 1. The van der Waals surface area contributed by atoms with E-state index < -0.39 is 0 Å². The van der Waals surface area contributed by atoms with E-state index in [1.165, 1.54) is 0 Å². The summed E-state index contributed by atoms with van der Waals surface area (Å²) >= 11 is 0. The van der Waals surface area contributed by atoms with E-state index in [1.807, 2.05) is 24.3 Å². The average Bonchev–Trinajstić information content (AvgIpc) is 2.96. The average molecular weight is 275 g/mol. The second-order valence-corrected chi connectivity index (χ2v) is 5.67. The molecular weight excluding hydrogens is 254 g/mol. The Bertz CT molecular complexity index is 646. The van der Waals surface area contributed by atoms with E-state index in [2.05, 4.69) is 11.8 Å². The Morgan fingerprint density at radius 3 is 2.90 bits per heavy atom. The van der Waals surface area contributed by atoms with Crippen molar-refractivity contribution in [2.45, 2.75) is 25.9 Å². The summed E-state index contributed by atoms with van der Waals surface area (Å²) in [6, 6.07) is 8.10. The quantitative estimate of drug-likeness (QED) is 0.912. The van der Waals surface area contributed by atoms with Crippen LogP contribution >= 0.6 is 0 Å². The summed E-state index contributed by atoms with van der Waals surface area (Å²) in [5, 5.41) is 0. The summed E-state index contributed by atoms with van der Waals surface area (Å²) in [5.74, 6) is 0.316. The molecule has 3 rings (SSSR count). The summed E-state index contributed by atoms with van der Waals surface area (Å²) in [6.45, 7) is 5.53. The molecule has 2 atom stereocenters. The fraction of sp³-hybridized carbons (Fsp3) is 0.533. The van der Waals surface area contributed by atoms with Crippen LogP contribution < -0.4 is 11.5 Å². The zero-order valence-electron chi connectivity index (χ0n) is 11.8. The lowest BCUT2D eigenvalue weighted by Gasteiger charge is -2.20. The Kier molecular flexibility index (Phi) is 3.63. The van der Waals surface area contributed by atoms with Gasteiger partial charge in [0.05, 0.1) is 5.52 Å². The van der Waals surface area contributed by atoms with Gasteiger partial charge in [0.1, 0.15) is 0 Å². The van der Waals surface area contributed by atoms with Gasteiger partial charge in [0.15, 0.2) is 5.58 Å². The van der Waals surface area contributed by atoms with Gasteiger partial charge in [-0.05, 0) is 37.9 Å². The van der Waals surface area contributed by atoms with Crippen LogP contribution in [0, 0.1) is 5.92 Å². The molecule has 5 heteroatoms. The second-order valence-electron chi connectivity index (χ2n) is 5.67. The Labute approximate surface area is 118 Å². The molecule has 1 aromatic heterocycles. The lowest BCUT2D eigenvalue weighted by molar-refractivity contribution is 0.252. The molecule has 20 heavy (non-hydrogen) atoms. The number of likely N-dealkylation sites (tertiary alicyclic amines) is 1. The highest BCUT2D eigenvalue weighted by Crippen LogP contribution is 2.22. The largest absolute Gasteiger partial charge is 0.419 e. The molecule has 1 fully saturated rings. The first-order chi connectivity index (χ1) is 9.69. The van der Waals surface area contributed by atoms with E-state index >= 15 is 0 Å². The minimum atomic E-state index is -0.270. The third kappa shape index (κ3) is 2.39. The maximum atomic E-state index is 11.9. The zero-order chi connectivity index (χ0) is 14.1. The molecule has 1 saturated heterocycles. The smallest absolute Gasteiger partial charge is 0.408 e. The molecule has 2 unspecified atom stereocenters. The molecule has 0 saturated carbocycles. The van der Waals surface area contributed by atoms with Crippen molar-refractivity contribution in [2.24, 2.45) is 11.7 Å². The van der Waals surface area contributed by atoms with E-state index in [0.717, 1.165) is 31.6 Å². The van der Waals surface area contributed by atoms with Crippen LogP contribution in [0.2, 0.25) is 0 Å². The topological polar surface area (TPSA) is 64.4 Å². The molecule has 0 spiro atoms. The molecular formula is C15H21N3O2. The highest BCUT2D eigenvalue weighted by atomic mass is 16.4. The van der Waals surface area contributed by atoms with E-state index in [9.17, 15) is 4.79 Å². The van der Waals surface area contributed by atoms with Crippen molar-refractivity contribution in [3.8, 4) is 0 Å². The van der Waals surface area contributed by atoms with Gasteiger partial charge in [0, 0.05) is 25.7 Å². The van der Waals surface area contributed by atoms with E-state index in [0.29, 0.717) is 24.1 Å². The lowest BCUT2D eigenvalue weighted by atomic mass is 10.1. The van der Waals surface area contributed by atoms with Gasteiger partial charge in [-0.1, -0.05) is 12.1 Å². The van der Waals surface area contributed by atoms with Gasteiger partial charge in [-0.25, -0.2) is 4.79 Å². The number of aromatic nitrogens is 1. The highest BCUT2D eigenvalue weighted by molar-refractivity contribution is 5.72. The third-order valence-corrected chi connectivity index (χ3v) is 4.31. The van der Waals surface area contributed by atoms with E-state index in [4.69, 9.17) is 10.2 Å². The number of nitrogens with zero attached hydrogens (tertiary/aromatic N) is 2. The molecule has 2 heterocycles. The van der Waals surface area contributed by atoms with Gasteiger partial charge in [0.25, 0.3) is 0 Å². The Morgan fingerprint density at radius 1 is 1.35 bits per heavy atom. The minimum Gasteiger partial charge on any atom is -0.408 e. The fourth-order valence-electron chi connectivity index (χ4n) is 3.15. The number of benzene rings is 1. The molecule has 1 aromatic carbocycles. The Morgan fingerprint density at radius 2 is 2.15 bits per heavy atom. The highest BCUT2D eigenvalue weighted by Gasteiger charge is 2.27. The number of rotatable bonds is 4. The van der Waals surface area contributed by atoms with Gasteiger partial charge >= 0.3 is 5.76 Å². The first-order valence-corrected chi connectivity index (χ1v) is 7.21. The summed E-state index contributed by atoms with van der Waals surface area (Å²) < 4.78 is 6.97. The van der Waals surface area contributed by atoms with Crippen LogP contribution in [0.1, 0.15) is 13.3 Å². The van der Waals surface area contributed by atoms with Gasteiger partial charge < -0.3 is 10.2 Å². The molecule has 0 amide bonds. The summed E-state index contributed by atoms with van der Waals surface area (Å²) in [7, 11) is 0. The minimum absolute atomic E-state index is 0.270. The molecule has 2 aromatic rings. The number of hydrogen-bond donors (Lipinski definition) is 1. The van der Waals surface area contributed by atoms with E-state index in [-0.39, 0.29) is 5.76 Å². The van der Waals surface area contributed by atoms with E-state index in [1.54, 1.807) is 4.57 Å². The van der Waals surface area contributed by atoms with Crippen molar-refractivity contribution in [3.63, 3.8) is 0 Å². The predicted molar refractivity (Wildman–Crippen MR) is 78.7 cm³/mol. The van der Waals surface area contributed by atoms with Crippen LogP contribution in [-0.2, 0) is 6.54 Å². The summed E-state index contributed by atoms with van der Waals surface area (Å²) in [4.78, 5) is 14.3. The van der Waals surface area contributed by atoms with Crippen LogP contribution in [0.3, 0.4) is 0 Å². The van der Waals surface area contributed by atoms with Crippen molar-refractivity contribution < 1.29 is 4.42 Å². The van der Waals surface area contributed by atoms with Crippen molar-refractivity contribution >= 4 is 11.1 Å². The Balaban J connectivity index is 1.74. The third-order valence-electron chi connectivity index (χ3n) is 4.31. The number of hydrogen-bond acceptors (Lipinski definition) is 4. The number of para-hydroxylation sites is 2. The predicted octanol–water partition coefficient (Wildman–Crippen LogP) is 1.26. The van der Waals surface area contributed by atoms with Crippen molar-refractivity contribution in [1.29, 1.82) is 0 Å². The first-order valence-electron chi connectivity index (χ1n) is 7.21. The summed E-state index contributed by atoms with van der Waals surface area (Å²) in [5.41, 5.74) is 7.28. The van der Waals surface area contributed by atoms with Crippen LogP contribution in [0.25, 0.3) is 11.1 Å². The molecule has 2 N–H and O–H groups in total. The van der Waals surface area contributed by atoms with Crippen LogP contribution in [-0.4, -0.2) is 35.1 Å². The summed E-state index contributed by atoms with van der Waals surface area (Å²) in [6.07, 6.45) is 1.15. The van der Waals surface area contributed by atoms with Crippen molar-refractivity contribution in [3.05, 3.63) is 34.8 Å². The lowest BCUT2D eigenvalue weighted by Crippen LogP contribution is -2.32. The second kappa shape index (κ2) is 5.42. The SMILES string of the molecule is CC1CC(CN)CN1CCn1c(=O)oc2ccccc21. The standard InChI is InChI=1S/C15H21N3O2/c1-11-8-12(9-16)10-17(11)6-7-18-13-4-2-3-5-14(13)20-15(18)19/h2-5,11-12H,6-10,16H2,1H3. The molecule has 0 radical (unpaired) electrons. The fourth-order valence-corrected chi connectivity index (χ4v) is 3.15. The van der Waals surface area contributed by atoms with Gasteiger partial charge in [0.2, 0.25) is 0 Å². The van der Waals surface area contributed by atoms with Crippen LogP contribution in [0.4, 0.5) is 0 Å².